The van der Waals surface area contributed by atoms with Crippen molar-refractivity contribution in [3.05, 3.63) is 45.8 Å². The number of hydrogen-bond donors (Lipinski definition) is 6. The summed E-state index contributed by atoms with van der Waals surface area (Å²) >= 11 is 0. The number of phenols is 1. The summed E-state index contributed by atoms with van der Waals surface area (Å²) in [6, 6.07) is -9.21. The van der Waals surface area contributed by atoms with Crippen LogP contribution in [0.25, 0.3) is 11.0 Å². The number of rotatable bonds is 15. The predicted octanol–water partition coefficient (Wildman–Crippen LogP) is 6.04. The van der Waals surface area contributed by atoms with Crippen LogP contribution in [-0.2, 0) is 59.2 Å². The smallest absolute Gasteiger partial charge is 0.246 e. The van der Waals surface area contributed by atoms with Gasteiger partial charge >= 0.3 is 0 Å². The number of aryl methyl sites for hydroxylation is 1. The van der Waals surface area contributed by atoms with E-state index in [0.29, 0.717) is 48.0 Å². The van der Waals surface area contributed by atoms with Crippen molar-refractivity contribution >= 4 is 75.9 Å². The molecule has 104 heavy (non-hydrogen) atoms. The highest BCUT2D eigenvalue weighted by Gasteiger charge is 2.46. The number of aliphatic hydroxyl groups excluding tert-OH is 1. The molecule has 2 aliphatic heterocycles. The molecule has 0 bridgehead atoms. The van der Waals surface area contributed by atoms with E-state index in [1.165, 1.54) is 93.7 Å². The minimum atomic E-state index is -1.61. The van der Waals surface area contributed by atoms with Gasteiger partial charge in [0.25, 0.3) is 0 Å². The van der Waals surface area contributed by atoms with E-state index in [2.05, 4.69) is 28.2 Å². The summed E-state index contributed by atoms with van der Waals surface area (Å²) in [6.45, 7) is 33.8. The molecule has 0 radical (unpaired) electrons. The van der Waals surface area contributed by atoms with Crippen LogP contribution in [0.1, 0.15) is 181 Å². The normalized spacial score (nSPS) is 25.4. The zero-order valence-corrected chi connectivity index (χ0v) is 67.1. The Hall–Kier alpha value is -8.10. The first-order valence-electron chi connectivity index (χ1n) is 37.0. The van der Waals surface area contributed by atoms with Gasteiger partial charge in [0.05, 0.1) is 19.3 Å². The van der Waals surface area contributed by atoms with Crippen molar-refractivity contribution in [1.82, 2.24) is 55.6 Å². The van der Waals surface area contributed by atoms with E-state index in [0.717, 1.165) is 16.2 Å². The van der Waals surface area contributed by atoms with Crippen LogP contribution in [-0.4, -0.2) is 238 Å². The Bertz CT molecular complexity index is 3400. The highest BCUT2D eigenvalue weighted by Crippen LogP contribution is 2.38. The number of fused-ring (bicyclic) bond motifs is 2. The predicted molar refractivity (Wildman–Crippen MR) is 400 cm³/mol. The molecule has 6 N–H and O–H groups in total. The maximum absolute atomic E-state index is 15.1. The van der Waals surface area contributed by atoms with Gasteiger partial charge in [0.1, 0.15) is 88.6 Å². The van der Waals surface area contributed by atoms with Crippen LogP contribution < -0.4 is 31.4 Å². The van der Waals surface area contributed by atoms with Crippen LogP contribution in [0.4, 0.5) is 0 Å². The number of carbonyl (C=O) groups is 11. The second-order valence-corrected chi connectivity index (χ2v) is 31.3. The largest absolute Gasteiger partial charge is 0.507 e. The summed E-state index contributed by atoms with van der Waals surface area (Å²) in [7, 11) is 9.92. The van der Waals surface area contributed by atoms with E-state index >= 15 is 9.59 Å². The lowest BCUT2D eigenvalue weighted by atomic mass is 9.91. The van der Waals surface area contributed by atoms with Crippen LogP contribution in [0.3, 0.4) is 0 Å². The Kier molecular flexibility index (Phi) is 35.0. The number of aromatic hydroxyl groups is 1. The van der Waals surface area contributed by atoms with Crippen molar-refractivity contribution < 1.29 is 72.1 Å². The average molecular weight is 1460 g/mol. The quantitative estimate of drug-likeness (QED) is 0.111. The van der Waals surface area contributed by atoms with E-state index in [9.17, 15) is 58.2 Å². The maximum atomic E-state index is 15.1. The second kappa shape index (κ2) is 40.4. The van der Waals surface area contributed by atoms with Crippen molar-refractivity contribution in [3.8, 4) is 11.5 Å². The molecule has 2 aliphatic rings. The maximum Gasteiger partial charge on any atom is 0.246 e. The zero-order valence-electron chi connectivity index (χ0n) is 67.1. The molecule has 1 aromatic carbocycles. The molecule has 0 spiro atoms. The Labute approximate surface area is 617 Å². The molecule has 1 aromatic heterocycles. The number of nitrogens with zero attached hydrogens (tertiary/aromatic N) is 7. The minimum absolute atomic E-state index is 0.00958. The van der Waals surface area contributed by atoms with Gasteiger partial charge in [-0.05, 0) is 126 Å². The number of amides is 11. The van der Waals surface area contributed by atoms with Gasteiger partial charge in [-0.15, -0.1) is 0 Å². The van der Waals surface area contributed by atoms with Gasteiger partial charge in [0, 0.05) is 67.0 Å². The van der Waals surface area contributed by atoms with E-state index in [4.69, 9.17) is 9.15 Å². The standard InChI is InChI=1S/C62H111N11O12.C15H16O4/c1-25-27-28-40(15)52(75)51-56(79)65-43(26-2)58(81)67(18)33-48(74)68(19)44(29-34(3)4)55(78)66-49(38(11)12)61(84)69(20)45(30-35(5)6)54(77)63-41(16)53(76)64-42(17)57(80)70(21)46(31-36(7)8)59(82)71(22)47(32-37(9)10)60(83)72(23)50(39(13)14)62(85)73(51)24;1-8-3-4-10-12(18-7-8)6-13-14(15(10)17)11(16)5-9(2)19-13/h25,27,34-47,49-52,75H,26,28-33H2,1-24H3,(H,63,77)(H,64,76)(H,65,79)(H,66,78);5-6,8,17H,3-4,7H2,1-2H3. The van der Waals surface area contributed by atoms with Crippen LogP contribution >= 0.6 is 0 Å². The highest BCUT2D eigenvalue weighted by atomic mass is 16.5. The van der Waals surface area contributed by atoms with E-state index < -0.39 is 156 Å². The van der Waals surface area contributed by atoms with Gasteiger partial charge in [0.15, 0.2) is 5.43 Å². The molecule has 0 saturated carbocycles. The number of hydrogen-bond acceptors (Lipinski definition) is 16. The van der Waals surface area contributed by atoms with Gasteiger partial charge in [-0.2, -0.15) is 0 Å². The highest BCUT2D eigenvalue weighted by molar-refractivity contribution is 6.00. The summed E-state index contributed by atoms with van der Waals surface area (Å²) < 4.78 is 11.2. The van der Waals surface area contributed by atoms with Crippen molar-refractivity contribution in [3.63, 3.8) is 0 Å². The summed E-state index contributed by atoms with van der Waals surface area (Å²) in [4.78, 5) is 181. The first kappa shape index (κ1) is 90.1. The average Bonchev–Trinajstić information content (AvgIpc) is 1.15. The first-order chi connectivity index (χ1) is 48.3. The van der Waals surface area contributed by atoms with Gasteiger partial charge in [-0.25, -0.2) is 0 Å². The third-order valence-corrected chi connectivity index (χ3v) is 19.7. The SMILES string of the molecule is CC=CCC(C)C(O)C1C(=O)NC(CC)C(=O)N(C)CC(=O)N(C)C(CC(C)C)C(=O)NC(C(C)C)C(=O)N(C)C(CC(C)C)C(=O)NC(C)C(=O)NC(C)C(=O)N(C)C(CC(C)C)C(=O)N(C)C(CC(C)C)C(=O)N(C)C(C(C)C)C(=O)N1C.Cc1cc(=O)c2c(O)c3c(cc2o1)OCC(C)CC3. The molecular weight excluding hydrogens is 1330 g/mol. The summed E-state index contributed by atoms with van der Waals surface area (Å²) in [6.07, 6.45) is 4.69. The molecule has 27 heteroatoms. The monoisotopic (exact) mass is 1460 g/mol. The first-order valence-corrected chi connectivity index (χ1v) is 37.0. The third kappa shape index (κ3) is 24.0. The summed E-state index contributed by atoms with van der Waals surface area (Å²) in [5.74, 6) is -8.11. The third-order valence-electron chi connectivity index (χ3n) is 19.7. The van der Waals surface area contributed by atoms with Crippen LogP contribution in [0.15, 0.2) is 33.5 Å². The number of phenolic OH excluding ortho intramolecular Hbond substituents is 1. The van der Waals surface area contributed by atoms with Crippen LogP contribution in [0.5, 0.6) is 11.5 Å². The number of nitrogens with one attached hydrogen (secondary N) is 4. The van der Waals surface area contributed by atoms with Gasteiger partial charge < -0.3 is 74.9 Å². The lowest BCUT2D eigenvalue weighted by molar-refractivity contribution is -0.157. The second-order valence-electron chi connectivity index (χ2n) is 31.3. The lowest BCUT2D eigenvalue weighted by Gasteiger charge is -2.41. The number of benzene rings is 1. The fourth-order valence-electron chi connectivity index (χ4n) is 13.2. The Morgan fingerprint density at radius 1 is 0.548 bits per heavy atom. The molecule has 4 rings (SSSR count). The van der Waals surface area contributed by atoms with E-state index in [1.54, 1.807) is 67.5 Å². The zero-order chi connectivity index (χ0) is 79.5. The van der Waals surface area contributed by atoms with E-state index in [1.807, 2.05) is 61.5 Å². The number of aliphatic hydroxyl groups is 1. The topological polar surface area (TPSA) is 338 Å². The van der Waals surface area contributed by atoms with Crippen molar-refractivity contribution in [2.75, 3.05) is 62.5 Å². The molecular formula is C77H127N11O16. The molecule has 3 heterocycles. The van der Waals surface area contributed by atoms with Gasteiger partial charge in [0.2, 0.25) is 65.0 Å². The van der Waals surface area contributed by atoms with Crippen LogP contribution in [0, 0.1) is 54.3 Å². The summed E-state index contributed by atoms with van der Waals surface area (Å²) in [5, 5.41) is 33.7. The molecule has 27 nitrogen and oxygen atoms in total. The van der Waals surface area contributed by atoms with Crippen molar-refractivity contribution in [2.24, 2.45) is 47.3 Å². The van der Waals surface area contributed by atoms with Crippen molar-refractivity contribution in [1.29, 1.82) is 0 Å². The number of carbonyl (C=O) groups excluding carboxylic acids is 11. The number of allylic oxidation sites excluding steroid dienone is 2. The Balaban J connectivity index is 0.00000125. The number of likely N-dealkylation sites (N-methyl/N-ethyl adjacent to an activating group) is 7. The minimum Gasteiger partial charge on any atom is -0.507 e. The molecule has 0 aliphatic carbocycles. The Morgan fingerprint density at radius 2 is 1.03 bits per heavy atom. The molecule has 1 fully saturated rings. The number of ether oxygens (including phenoxy) is 1. The molecule has 1 saturated heterocycles. The lowest BCUT2D eigenvalue weighted by Crippen LogP contribution is -2.63. The molecule has 586 valence electrons. The van der Waals surface area contributed by atoms with Crippen molar-refractivity contribution in [2.45, 2.75) is 249 Å². The van der Waals surface area contributed by atoms with E-state index in [-0.39, 0.29) is 72.3 Å². The summed E-state index contributed by atoms with van der Waals surface area (Å²) in [5.41, 5.74) is 0.889. The van der Waals surface area contributed by atoms with Gasteiger partial charge in [-0.3, -0.25) is 57.5 Å². The Morgan fingerprint density at radius 3 is 1.54 bits per heavy atom. The molecule has 13 unspecified atom stereocenters. The fourth-order valence-corrected chi connectivity index (χ4v) is 13.2. The van der Waals surface area contributed by atoms with Crippen LogP contribution in [0.2, 0.25) is 0 Å². The fraction of sp³-hybridized carbons (Fsp3) is 0.714. The van der Waals surface area contributed by atoms with Gasteiger partial charge in [-0.1, -0.05) is 116 Å². The molecule has 2 aromatic rings. The molecule has 11 amide bonds. The molecule has 13 atom stereocenters.